The van der Waals surface area contributed by atoms with Gasteiger partial charge in [0.05, 0.1) is 0 Å². The first-order valence-corrected chi connectivity index (χ1v) is 5.32. The lowest BCUT2D eigenvalue weighted by molar-refractivity contribution is 0.598. The van der Waals surface area contributed by atoms with Crippen molar-refractivity contribution in [3.8, 4) is 0 Å². The minimum absolute atomic E-state index is 0.0907. The molecule has 14 heavy (non-hydrogen) atoms. The van der Waals surface area contributed by atoms with Gasteiger partial charge < -0.3 is 4.98 Å². The van der Waals surface area contributed by atoms with E-state index >= 15 is 0 Å². The zero-order valence-corrected chi connectivity index (χ0v) is 7.81. The predicted molar refractivity (Wildman–Crippen MR) is 49.6 cm³/mol. The van der Waals surface area contributed by atoms with Gasteiger partial charge in [0.2, 0.25) is 10.0 Å². The molecule has 0 radical (unpaired) electrons. The number of halogens is 1. The Morgan fingerprint density at radius 3 is 2.71 bits per heavy atom. The molecule has 0 atom stereocenters. The maximum atomic E-state index is 12.8. The summed E-state index contributed by atoms with van der Waals surface area (Å²) in [7, 11) is -3.80. The molecule has 2 rings (SSSR count). The van der Waals surface area contributed by atoms with Gasteiger partial charge in [-0.1, -0.05) is 0 Å². The summed E-state index contributed by atoms with van der Waals surface area (Å²) in [6.45, 7) is 0. The number of rotatable bonds is 1. The molecule has 0 saturated heterocycles. The smallest absolute Gasteiger partial charge is 0.240 e. The lowest BCUT2D eigenvalue weighted by Gasteiger charge is -1.94. The summed E-state index contributed by atoms with van der Waals surface area (Å²) >= 11 is 0. The number of H-pyrrole nitrogens is 1. The Morgan fingerprint density at radius 2 is 2.07 bits per heavy atom. The first-order valence-electron chi connectivity index (χ1n) is 3.78. The van der Waals surface area contributed by atoms with Crippen LogP contribution in [0.3, 0.4) is 0 Å². The van der Waals surface area contributed by atoms with Crippen molar-refractivity contribution in [3.63, 3.8) is 0 Å². The third-order valence-electron chi connectivity index (χ3n) is 1.91. The standard InChI is InChI=1S/C8H7FN2O2S/c9-5-1-2-7-6(3-5)8(4-11-7)14(10,12)13/h1-4,11H,(H2,10,12,13). The highest BCUT2D eigenvalue weighted by Gasteiger charge is 2.14. The van der Waals surface area contributed by atoms with E-state index in [1.54, 1.807) is 0 Å². The molecule has 74 valence electrons. The minimum Gasteiger partial charge on any atom is -0.360 e. The summed E-state index contributed by atoms with van der Waals surface area (Å²) in [4.78, 5) is 2.61. The van der Waals surface area contributed by atoms with Crippen LogP contribution in [0.5, 0.6) is 0 Å². The Bertz CT molecular complexity index is 588. The minimum atomic E-state index is -3.80. The van der Waals surface area contributed by atoms with Crippen LogP contribution in [0.2, 0.25) is 0 Å². The van der Waals surface area contributed by atoms with Crippen molar-refractivity contribution in [1.29, 1.82) is 0 Å². The average Bonchev–Trinajstić information content (AvgIpc) is 2.45. The molecule has 1 aromatic heterocycles. The van der Waals surface area contributed by atoms with E-state index in [0.29, 0.717) is 5.52 Å². The van der Waals surface area contributed by atoms with Crippen LogP contribution in [-0.2, 0) is 10.0 Å². The zero-order valence-electron chi connectivity index (χ0n) is 6.99. The summed E-state index contributed by atoms with van der Waals surface area (Å²) < 4.78 is 34.9. The van der Waals surface area contributed by atoms with E-state index in [0.717, 1.165) is 6.07 Å². The van der Waals surface area contributed by atoms with Gasteiger partial charge in [0, 0.05) is 17.1 Å². The highest BCUT2D eigenvalue weighted by atomic mass is 32.2. The molecular weight excluding hydrogens is 207 g/mol. The fraction of sp³-hybridized carbons (Fsp3) is 0. The third kappa shape index (κ3) is 1.38. The second-order valence-electron chi connectivity index (χ2n) is 2.89. The number of fused-ring (bicyclic) bond motifs is 1. The van der Waals surface area contributed by atoms with Gasteiger partial charge in [-0.25, -0.2) is 17.9 Å². The van der Waals surface area contributed by atoms with Crippen molar-refractivity contribution in [2.24, 2.45) is 5.14 Å². The molecule has 6 heteroatoms. The first kappa shape index (κ1) is 9.17. The number of nitrogens with one attached hydrogen (secondary N) is 1. The molecular formula is C8H7FN2O2S. The van der Waals surface area contributed by atoms with Gasteiger partial charge in [-0.05, 0) is 18.2 Å². The van der Waals surface area contributed by atoms with Gasteiger partial charge in [0.1, 0.15) is 10.7 Å². The highest BCUT2D eigenvalue weighted by molar-refractivity contribution is 7.89. The lowest BCUT2D eigenvalue weighted by atomic mass is 10.2. The normalized spacial score (nSPS) is 12.1. The Balaban J connectivity index is 2.87. The Kier molecular flexibility index (Phi) is 1.83. The molecule has 0 saturated carbocycles. The van der Waals surface area contributed by atoms with Crippen molar-refractivity contribution in [1.82, 2.24) is 4.98 Å². The summed E-state index contributed by atoms with van der Waals surface area (Å²) in [5.41, 5.74) is 0.537. The molecule has 0 aliphatic heterocycles. The van der Waals surface area contributed by atoms with Crippen molar-refractivity contribution in [2.75, 3.05) is 0 Å². The fourth-order valence-corrected chi connectivity index (χ4v) is 2.00. The number of sulfonamides is 1. The van der Waals surface area contributed by atoms with Crippen LogP contribution in [0.4, 0.5) is 4.39 Å². The number of benzene rings is 1. The molecule has 0 aliphatic rings. The summed E-state index contributed by atoms with van der Waals surface area (Å²) in [6.07, 6.45) is 1.25. The van der Waals surface area contributed by atoms with Crippen LogP contribution >= 0.6 is 0 Å². The molecule has 1 aromatic carbocycles. The lowest BCUT2D eigenvalue weighted by Crippen LogP contribution is -2.11. The largest absolute Gasteiger partial charge is 0.360 e. The van der Waals surface area contributed by atoms with E-state index in [-0.39, 0.29) is 10.3 Å². The van der Waals surface area contributed by atoms with Crippen molar-refractivity contribution in [3.05, 3.63) is 30.2 Å². The van der Waals surface area contributed by atoms with Crippen LogP contribution in [0.15, 0.2) is 29.3 Å². The van der Waals surface area contributed by atoms with E-state index in [9.17, 15) is 12.8 Å². The second-order valence-corrected chi connectivity index (χ2v) is 4.42. The number of aromatic nitrogens is 1. The van der Waals surface area contributed by atoms with E-state index in [4.69, 9.17) is 5.14 Å². The van der Waals surface area contributed by atoms with Gasteiger partial charge in [-0.15, -0.1) is 0 Å². The van der Waals surface area contributed by atoms with Crippen LogP contribution in [0.1, 0.15) is 0 Å². The van der Waals surface area contributed by atoms with E-state index in [2.05, 4.69) is 4.98 Å². The molecule has 3 N–H and O–H groups in total. The van der Waals surface area contributed by atoms with Crippen molar-refractivity contribution in [2.45, 2.75) is 4.90 Å². The monoisotopic (exact) mass is 214 g/mol. The average molecular weight is 214 g/mol. The van der Waals surface area contributed by atoms with Crippen LogP contribution < -0.4 is 5.14 Å². The zero-order chi connectivity index (χ0) is 10.3. The van der Waals surface area contributed by atoms with Gasteiger partial charge in [0.25, 0.3) is 0 Å². The van der Waals surface area contributed by atoms with E-state index in [1.807, 2.05) is 0 Å². The molecule has 0 aliphatic carbocycles. The van der Waals surface area contributed by atoms with Gasteiger partial charge >= 0.3 is 0 Å². The van der Waals surface area contributed by atoms with E-state index in [1.165, 1.54) is 18.3 Å². The first-order chi connectivity index (χ1) is 6.48. The third-order valence-corrected chi connectivity index (χ3v) is 2.86. The van der Waals surface area contributed by atoms with Gasteiger partial charge in [-0.3, -0.25) is 0 Å². The van der Waals surface area contributed by atoms with Gasteiger partial charge in [-0.2, -0.15) is 0 Å². The van der Waals surface area contributed by atoms with E-state index < -0.39 is 15.8 Å². The molecule has 0 fully saturated rings. The Hall–Kier alpha value is -1.40. The van der Waals surface area contributed by atoms with Crippen molar-refractivity contribution < 1.29 is 12.8 Å². The van der Waals surface area contributed by atoms with Crippen molar-refractivity contribution >= 4 is 20.9 Å². The second kappa shape index (κ2) is 2.79. The molecule has 2 aromatic rings. The molecule has 0 bridgehead atoms. The summed E-state index contributed by atoms with van der Waals surface area (Å²) in [6, 6.07) is 3.83. The van der Waals surface area contributed by atoms with Gasteiger partial charge in [0.15, 0.2) is 0 Å². The summed E-state index contributed by atoms with van der Waals surface area (Å²) in [5, 5.41) is 5.22. The predicted octanol–water partition coefficient (Wildman–Crippen LogP) is 0.954. The maximum absolute atomic E-state index is 12.8. The molecule has 0 spiro atoms. The topological polar surface area (TPSA) is 76.0 Å². The molecule has 0 unspecified atom stereocenters. The number of aromatic amines is 1. The Morgan fingerprint density at radius 1 is 1.36 bits per heavy atom. The summed E-state index contributed by atoms with van der Waals surface area (Å²) in [5.74, 6) is -0.498. The molecule has 1 heterocycles. The quantitative estimate of drug-likeness (QED) is 0.741. The number of nitrogens with two attached hydrogens (primary N) is 1. The molecule has 4 nitrogen and oxygen atoms in total. The number of hydrogen-bond donors (Lipinski definition) is 2. The van der Waals surface area contributed by atoms with Crippen LogP contribution in [0.25, 0.3) is 10.9 Å². The molecule has 0 amide bonds. The van der Waals surface area contributed by atoms with Crippen LogP contribution in [0, 0.1) is 5.82 Å². The highest BCUT2D eigenvalue weighted by Crippen LogP contribution is 2.22. The Labute approximate surface area is 79.6 Å². The fourth-order valence-electron chi connectivity index (χ4n) is 1.30. The SMILES string of the molecule is NS(=O)(=O)c1c[nH]c2ccc(F)cc12. The van der Waals surface area contributed by atoms with Crippen LogP contribution in [-0.4, -0.2) is 13.4 Å². The number of primary sulfonamides is 1. The number of hydrogen-bond acceptors (Lipinski definition) is 2. The maximum Gasteiger partial charge on any atom is 0.240 e.